The van der Waals surface area contributed by atoms with Gasteiger partial charge in [-0.15, -0.1) is 0 Å². The Labute approximate surface area is 192 Å². The van der Waals surface area contributed by atoms with Gasteiger partial charge in [-0.3, -0.25) is 14.5 Å². The highest BCUT2D eigenvalue weighted by molar-refractivity contribution is 7.89. The van der Waals surface area contributed by atoms with E-state index in [-0.39, 0.29) is 29.3 Å². The van der Waals surface area contributed by atoms with Gasteiger partial charge in [-0.1, -0.05) is 11.6 Å². The molecule has 0 bridgehead atoms. The highest BCUT2D eigenvalue weighted by Gasteiger charge is 2.40. The molecule has 2 aliphatic rings. The second kappa shape index (κ2) is 8.73. The van der Waals surface area contributed by atoms with E-state index in [4.69, 9.17) is 11.6 Å². The van der Waals surface area contributed by atoms with Crippen LogP contribution in [0, 0.1) is 0 Å². The number of carbonyl (C=O) groups is 2. The molecule has 0 radical (unpaired) electrons. The quantitative estimate of drug-likeness (QED) is 0.716. The van der Waals surface area contributed by atoms with Crippen molar-refractivity contribution >= 4 is 50.5 Å². The summed E-state index contributed by atoms with van der Waals surface area (Å²) in [6.45, 7) is 0.498. The lowest BCUT2D eigenvalue weighted by Crippen LogP contribution is -2.56. The van der Waals surface area contributed by atoms with E-state index < -0.39 is 10.0 Å². The number of hydrogen-bond donors (Lipinski definition) is 1. The standard InChI is InChI=1S/C22H25ClN4O4S/c1-25(2)32(30,31)17-10-11-18-20(13-17)27(22(29)19-5-3-4-12-26(18)19)14-21(28)24-16-8-6-15(23)7-9-16/h6-11,13,19H,3-5,12,14H2,1-2H3,(H,24,28)/t19-/m0/s1. The summed E-state index contributed by atoms with van der Waals surface area (Å²) in [7, 11) is -0.785. The Morgan fingerprint density at radius 3 is 2.53 bits per heavy atom. The predicted molar refractivity (Wildman–Crippen MR) is 125 cm³/mol. The predicted octanol–water partition coefficient (Wildman–Crippen LogP) is 2.93. The molecule has 0 saturated carbocycles. The third kappa shape index (κ3) is 4.20. The van der Waals surface area contributed by atoms with Crippen LogP contribution in [0.4, 0.5) is 17.1 Å². The Hall–Kier alpha value is -2.62. The Morgan fingerprint density at radius 2 is 1.84 bits per heavy atom. The van der Waals surface area contributed by atoms with Gasteiger partial charge in [0.05, 0.1) is 16.3 Å². The molecule has 4 rings (SSSR count). The SMILES string of the molecule is CN(C)S(=O)(=O)c1ccc2c(c1)N(CC(=O)Nc1ccc(Cl)cc1)C(=O)[C@@H]1CCCCN21. The molecule has 0 aliphatic carbocycles. The molecule has 2 aliphatic heterocycles. The number of rotatable bonds is 5. The van der Waals surface area contributed by atoms with Gasteiger partial charge in [-0.05, 0) is 61.7 Å². The summed E-state index contributed by atoms with van der Waals surface area (Å²) in [6.07, 6.45) is 2.59. The van der Waals surface area contributed by atoms with Crippen LogP contribution >= 0.6 is 11.6 Å². The molecular formula is C22H25ClN4O4S. The van der Waals surface area contributed by atoms with Gasteiger partial charge in [0.1, 0.15) is 12.6 Å². The van der Waals surface area contributed by atoms with Crippen LogP contribution in [0.3, 0.4) is 0 Å². The number of nitrogens with one attached hydrogen (secondary N) is 1. The largest absolute Gasteiger partial charge is 0.358 e. The number of sulfonamides is 1. The number of fused-ring (bicyclic) bond motifs is 3. The fourth-order valence-corrected chi connectivity index (χ4v) is 5.20. The number of nitrogens with zero attached hydrogens (tertiary/aromatic N) is 3. The van der Waals surface area contributed by atoms with Crippen molar-refractivity contribution in [1.29, 1.82) is 0 Å². The molecule has 2 aromatic carbocycles. The zero-order valence-electron chi connectivity index (χ0n) is 17.9. The van der Waals surface area contributed by atoms with Gasteiger partial charge >= 0.3 is 0 Å². The number of carbonyl (C=O) groups excluding carboxylic acids is 2. The van der Waals surface area contributed by atoms with Gasteiger partial charge in [-0.2, -0.15) is 0 Å². The fraction of sp³-hybridized carbons (Fsp3) is 0.364. The lowest BCUT2D eigenvalue weighted by atomic mass is 9.96. The van der Waals surface area contributed by atoms with E-state index in [0.717, 1.165) is 22.8 Å². The normalized spacial score (nSPS) is 18.4. The number of hydrogen-bond acceptors (Lipinski definition) is 5. The van der Waals surface area contributed by atoms with Crippen LogP contribution in [-0.2, 0) is 19.6 Å². The molecule has 10 heteroatoms. The molecule has 8 nitrogen and oxygen atoms in total. The van der Waals surface area contributed by atoms with E-state index in [2.05, 4.69) is 5.32 Å². The number of anilines is 3. The van der Waals surface area contributed by atoms with E-state index in [1.54, 1.807) is 36.4 Å². The second-order valence-electron chi connectivity index (χ2n) is 8.12. The van der Waals surface area contributed by atoms with Crippen LogP contribution in [0.15, 0.2) is 47.4 Å². The van der Waals surface area contributed by atoms with Gasteiger partial charge in [0.25, 0.3) is 0 Å². The summed E-state index contributed by atoms with van der Waals surface area (Å²) in [6, 6.07) is 11.1. The number of amides is 2. The van der Waals surface area contributed by atoms with Crippen LogP contribution in [0.5, 0.6) is 0 Å². The first-order valence-corrected chi connectivity index (χ1v) is 12.2. The highest BCUT2D eigenvalue weighted by atomic mass is 35.5. The third-order valence-corrected chi connectivity index (χ3v) is 7.87. The van der Waals surface area contributed by atoms with Crippen molar-refractivity contribution in [3.63, 3.8) is 0 Å². The lowest BCUT2D eigenvalue weighted by Gasteiger charge is -2.45. The van der Waals surface area contributed by atoms with Crippen molar-refractivity contribution in [2.24, 2.45) is 0 Å². The minimum absolute atomic E-state index is 0.0765. The van der Waals surface area contributed by atoms with Gasteiger partial charge in [0.2, 0.25) is 21.8 Å². The zero-order chi connectivity index (χ0) is 23.0. The molecule has 32 heavy (non-hydrogen) atoms. The maximum Gasteiger partial charge on any atom is 0.250 e. The molecule has 1 N–H and O–H groups in total. The van der Waals surface area contributed by atoms with Crippen molar-refractivity contribution in [3.8, 4) is 0 Å². The molecule has 0 aromatic heterocycles. The van der Waals surface area contributed by atoms with Crippen molar-refractivity contribution < 1.29 is 18.0 Å². The molecule has 1 saturated heterocycles. The number of piperidine rings is 1. The maximum atomic E-state index is 13.4. The van der Waals surface area contributed by atoms with E-state index in [1.807, 2.05) is 4.90 Å². The summed E-state index contributed by atoms with van der Waals surface area (Å²) in [5, 5.41) is 3.32. The van der Waals surface area contributed by atoms with E-state index in [9.17, 15) is 18.0 Å². The molecule has 1 atom stereocenters. The van der Waals surface area contributed by atoms with Crippen molar-refractivity contribution in [1.82, 2.24) is 4.31 Å². The zero-order valence-corrected chi connectivity index (χ0v) is 19.5. The smallest absolute Gasteiger partial charge is 0.250 e. The molecule has 2 amide bonds. The first kappa shape index (κ1) is 22.6. The number of halogens is 1. The van der Waals surface area contributed by atoms with Crippen LogP contribution in [-0.4, -0.2) is 57.8 Å². The third-order valence-electron chi connectivity index (χ3n) is 5.81. The Kier molecular flexibility index (Phi) is 6.15. The average molecular weight is 477 g/mol. The van der Waals surface area contributed by atoms with E-state index in [1.165, 1.54) is 25.1 Å². The molecule has 0 spiro atoms. The summed E-state index contributed by atoms with van der Waals surface area (Å²) in [5.74, 6) is -0.570. The Morgan fingerprint density at radius 1 is 1.12 bits per heavy atom. The van der Waals surface area contributed by atoms with Gasteiger partial charge in [0.15, 0.2) is 0 Å². The summed E-state index contributed by atoms with van der Waals surface area (Å²) in [5.41, 5.74) is 1.76. The second-order valence-corrected chi connectivity index (χ2v) is 10.7. The maximum absolute atomic E-state index is 13.4. The van der Waals surface area contributed by atoms with Gasteiger partial charge < -0.3 is 10.2 Å². The lowest BCUT2D eigenvalue weighted by molar-refractivity contribution is -0.123. The van der Waals surface area contributed by atoms with Crippen LogP contribution in [0.2, 0.25) is 5.02 Å². The highest BCUT2D eigenvalue weighted by Crippen LogP contribution is 2.40. The van der Waals surface area contributed by atoms with Crippen molar-refractivity contribution in [2.45, 2.75) is 30.2 Å². The summed E-state index contributed by atoms with van der Waals surface area (Å²) in [4.78, 5) is 29.7. The van der Waals surface area contributed by atoms with Crippen LogP contribution in [0.1, 0.15) is 19.3 Å². The van der Waals surface area contributed by atoms with Gasteiger partial charge in [0, 0.05) is 31.4 Å². The van der Waals surface area contributed by atoms with Crippen molar-refractivity contribution in [3.05, 3.63) is 47.5 Å². The van der Waals surface area contributed by atoms with Crippen LogP contribution < -0.4 is 15.1 Å². The average Bonchev–Trinajstić information content (AvgIpc) is 2.77. The molecule has 2 heterocycles. The summed E-state index contributed by atoms with van der Waals surface area (Å²) >= 11 is 5.90. The van der Waals surface area contributed by atoms with E-state index in [0.29, 0.717) is 29.4 Å². The number of benzene rings is 2. The molecule has 1 fully saturated rings. The molecule has 170 valence electrons. The van der Waals surface area contributed by atoms with Gasteiger partial charge in [-0.25, -0.2) is 12.7 Å². The van der Waals surface area contributed by atoms with E-state index >= 15 is 0 Å². The first-order valence-electron chi connectivity index (χ1n) is 10.4. The van der Waals surface area contributed by atoms with Crippen molar-refractivity contribution in [2.75, 3.05) is 42.3 Å². The molecular weight excluding hydrogens is 452 g/mol. The monoisotopic (exact) mass is 476 g/mol. The minimum atomic E-state index is -3.70. The topological polar surface area (TPSA) is 90.0 Å². The van der Waals surface area contributed by atoms with Crippen LogP contribution in [0.25, 0.3) is 0 Å². The summed E-state index contributed by atoms with van der Waals surface area (Å²) < 4.78 is 26.5. The minimum Gasteiger partial charge on any atom is -0.358 e. The Balaban J connectivity index is 1.70. The molecule has 2 aromatic rings. The molecule has 0 unspecified atom stereocenters. The Bertz CT molecular complexity index is 1150. The fourth-order valence-electron chi connectivity index (χ4n) is 4.15. The first-order chi connectivity index (χ1) is 15.2.